The molecule has 0 saturated carbocycles. The van der Waals surface area contributed by atoms with Crippen LogP contribution in [0.2, 0.25) is 0 Å². The summed E-state index contributed by atoms with van der Waals surface area (Å²) in [7, 11) is -1.53. The van der Waals surface area contributed by atoms with Gasteiger partial charge in [-0.05, 0) is 259 Å². The summed E-state index contributed by atoms with van der Waals surface area (Å²) in [4.78, 5) is 0. The van der Waals surface area contributed by atoms with Crippen LogP contribution in [0.25, 0.3) is 253 Å². The molecule has 2 N–H and O–H groups in total. The van der Waals surface area contributed by atoms with E-state index in [1.54, 1.807) is 18.2 Å². The minimum Gasteiger partial charge on any atom is -0.456 e. The van der Waals surface area contributed by atoms with Crippen molar-refractivity contribution in [3.63, 3.8) is 0 Å². The van der Waals surface area contributed by atoms with Gasteiger partial charge in [0.05, 0.1) is 0 Å². The van der Waals surface area contributed by atoms with Gasteiger partial charge in [-0.1, -0.05) is 239 Å². The van der Waals surface area contributed by atoms with Crippen LogP contribution in [0.15, 0.2) is 401 Å². The summed E-state index contributed by atoms with van der Waals surface area (Å²) in [5.74, 6) is 0. The van der Waals surface area contributed by atoms with Crippen LogP contribution in [0.3, 0.4) is 0 Å². The average Bonchev–Trinajstić information content (AvgIpc) is 1.58. The molecule has 18 aromatic carbocycles. The zero-order chi connectivity index (χ0) is 81.1. The van der Waals surface area contributed by atoms with Gasteiger partial charge >= 0.3 is 7.12 Å². The van der Waals surface area contributed by atoms with Crippen LogP contribution in [0.4, 0.5) is 0 Å². The second-order valence-corrected chi connectivity index (χ2v) is 33.8. The van der Waals surface area contributed by atoms with Gasteiger partial charge in [-0.15, -0.1) is 0 Å². The Balaban J connectivity index is 0.000000188. The van der Waals surface area contributed by atoms with Crippen molar-refractivity contribution in [2.75, 3.05) is 0 Å². The normalized spacial score (nSPS) is 11.8. The molecule has 8 aromatic heterocycles. The Morgan fingerprint density at radius 2 is 0.331 bits per heavy atom. The van der Waals surface area contributed by atoms with Crippen LogP contribution in [0.1, 0.15) is 14.9 Å². The molecule has 0 spiro atoms. The molecule has 592 valence electrons. The topological polar surface area (TPSA) is 146 Å². The van der Waals surface area contributed by atoms with Crippen molar-refractivity contribution in [2.45, 2.75) is 14.9 Å². The molecule has 10 nitrogen and oxygen atoms in total. The van der Waals surface area contributed by atoms with Gasteiger partial charge in [0.2, 0.25) is 0 Å². The first-order valence-electron chi connectivity index (χ1n) is 40.0. The lowest BCUT2D eigenvalue weighted by Gasteiger charge is -2.12. The number of hydrogen-bond acceptors (Lipinski definition) is 10. The highest BCUT2D eigenvalue weighted by atomic mass is 79.9. The van der Waals surface area contributed by atoms with Gasteiger partial charge in [-0.2, -0.15) is 0 Å². The smallest absolute Gasteiger partial charge is 0.456 e. The predicted octanol–water partition coefficient (Wildman–Crippen LogP) is 33.2. The lowest BCUT2D eigenvalue weighted by molar-refractivity contribution is 0.426. The standard InChI is InChI=1S/C78H42O6.C24H15BO4.C6H3Br3.2CH4/c1-4-10-43(11-5-1)46-16-22-61-55(37-46)73-67(79-61)28-31-70-76(73)58-40-49(19-25-64(58)82-70)52-34-53(50-20-26-65-59(41-50)77-71(83-65)32-29-68-74(77)56-38-47(17-23-62(56)80-68)44-12-6-2-7-13-44)36-54(35-52)51-21-27-66-60(42-51)78-72(84-66)33-30-69-75(78)57-39-48(18-24-63(57)81-69)45-14-8-3-9-15-45;26-25(27)16-7-9-20-18(13-16)24-22(29-20)11-10-21-23(24)17-12-15(6-8-19(17)28-21)14-4-2-1-3-5-14;7-4-1-5(8)3-6(9)2-4;;/h1-42H;1-13,26-27H;1-3H;2*1H4. The first kappa shape index (κ1) is 76.0. The minimum atomic E-state index is -1.53. The third-order valence-corrected chi connectivity index (χ3v) is 25.2. The maximum atomic E-state index is 9.61. The maximum absolute atomic E-state index is 9.61. The molecule has 0 aliphatic heterocycles. The quantitative estimate of drug-likeness (QED) is 0.141. The highest BCUT2D eigenvalue weighted by Gasteiger charge is 2.25. The van der Waals surface area contributed by atoms with Crippen LogP contribution in [-0.2, 0) is 0 Å². The molecule has 0 aliphatic rings. The zero-order valence-electron chi connectivity index (χ0n) is 64.4. The van der Waals surface area contributed by atoms with Gasteiger partial charge in [0.15, 0.2) is 0 Å². The SMILES string of the molecule is Brc1cc(Br)cc(Br)c1.C.C.OB(O)c1ccc2oc3ccc4oc5ccc(-c6ccccc6)cc5c4c3c2c1.c1ccc(-c2ccc3oc4ccc5oc6ccc(-c7cc(-c8ccc9oc%10ccc%11oc%12ccc(-c%13ccccc%13)cc%12c%11c%10c9c8)cc(-c8ccc9oc%10ccc%11oc%12ccc(-c%13ccccc%13)cc%12c%11c%10c9c8)c7)cc6c5c4c3c2)cc1. The monoisotopic (exact) mass is 1800 g/mol. The predicted molar refractivity (Wildman–Crippen MR) is 522 cm³/mol. The highest BCUT2D eigenvalue weighted by Crippen LogP contribution is 2.49. The van der Waals surface area contributed by atoms with Gasteiger partial charge in [0, 0.05) is 99.6 Å². The zero-order valence-corrected chi connectivity index (χ0v) is 69.1. The number of halogens is 3. The summed E-state index contributed by atoms with van der Waals surface area (Å²) in [6.45, 7) is 0. The highest BCUT2D eigenvalue weighted by molar-refractivity contribution is 9.11. The van der Waals surface area contributed by atoms with E-state index < -0.39 is 7.12 Å². The van der Waals surface area contributed by atoms with Crippen molar-refractivity contribution in [3.05, 3.63) is 365 Å². The van der Waals surface area contributed by atoms with Crippen molar-refractivity contribution in [1.82, 2.24) is 0 Å². The van der Waals surface area contributed by atoms with Crippen LogP contribution < -0.4 is 5.46 Å². The van der Waals surface area contributed by atoms with Gasteiger partial charge in [-0.25, -0.2) is 0 Å². The van der Waals surface area contributed by atoms with Crippen LogP contribution in [0, 0.1) is 0 Å². The Hall–Kier alpha value is -14.2. The van der Waals surface area contributed by atoms with E-state index in [-0.39, 0.29) is 14.9 Å². The lowest BCUT2D eigenvalue weighted by Crippen LogP contribution is -2.29. The number of furan rings is 8. The molecule has 0 saturated heterocycles. The fraction of sp³-hybridized carbons (Fsp3) is 0.0182. The van der Waals surface area contributed by atoms with E-state index in [0.29, 0.717) is 11.0 Å². The number of fused-ring (bicyclic) bond motifs is 28. The Morgan fingerprint density at radius 1 is 0.161 bits per heavy atom. The molecule has 0 atom stereocenters. The third kappa shape index (κ3) is 12.8. The second kappa shape index (κ2) is 30.1. The Morgan fingerprint density at radius 3 is 0.524 bits per heavy atom. The molecule has 0 fully saturated rings. The maximum Gasteiger partial charge on any atom is 0.488 e. The molecule has 0 bridgehead atoms. The first-order chi connectivity index (χ1) is 59.9. The van der Waals surface area contributed by atoms with Gasteiger partial charge in [-0.3, -0.25) is 0 Å². The first-order valence-corrected chi connectivity index (χ1v) is 42.4. The average molecular weight is 1800 g/mol. The molecule has 0 amide bonds. The molecule has 124 heavy (non-hydrogen) atoms. The van der Waals surface area contributed by atoms with Crippen molar-refractivity contribution in [2.24, 2.45) is 0 Å². The van der Waals surface area contributed by atoms with Crippen LogP contribution >= 0.6 is 47.8 Å². The Labute approximate surface area is 733 Å². The summed E-state index contributed by atoms with van der Waals surface area (Å²) < 4.78 is 55.2. The summed E-state index contributed by atoms with van der Waals surface area (Å²) in [5, 5.41) is 35.4. The molecule has 26 aromatic rings. The van der Waals surface area contributed by atoms with Crippen molar-refractivity contribution in [3.8, 4) is 77.9 Å². The molecule has 26 rings (SSSR count). The summed E-state index contributed by atoms with van der Waals surface area (Å²) in [5.41, 5.74) is 28.7. The molecule has 0 radical (unpaired) electrons. The number of hydrogen-bond donors (Lipinski definition) is 2. The Bertz CT molecular complexity index is 8140. The van der Waals surface area contributed by atoms with E-state index in [1.165, 1.54) is 0 Å². The van der Waals surface area contributed by atoms with E-state index in [9.17, 15) is 10.0 Å². The molecule has 8 heterocycles. The lowest BCUT2D eigenvalue weighted by atomic mass is 9.80. The molecular formula is C110H68BBr3O10. The number of rotatable bonds is 8. The van der Waals surface area contributed by atoms with E-state index in [1.807, 2.05) is 91.0 Å². The van der Waals surface area contributed by atoms with E-state index >= 15 is 0 Å². The van der Waals surface area contributed by atoms with Crippen LogP contribution in [0.5, 0.6) is 0 Å². The molecule has 0 aliphatic carbocycles. The van der Waals surface area contributed by atoms with Crippen LogP contribution in [-0.4, -0.2) is 17.2 Å². The van der Waals surface area contributed by atoms with Gasteiger partial charge < -0.3 is 45.4 Å². The van der Waals surface area contributed by atoms with Crippen molar-refractivity contribution < 1.29 is 45.4 Å². The molecule has 0 unspecified atom stereocenters. The third-order valence-electron chi connectivity index (χ3n) is 23.8. The fourth-order valence-electron chi connectivity index (χ4n) is 18.1. The molecule has 14 heteroatoms. The van der Waals surface area contributed by atoms with E-state index in [2.05, 4.69) is 290 Å². The van der Waals surface area contributed by atoms with Crippen molar-refractivity contribution in [1.29, 1.82) is 0 Å². The second-order valence-electron chi connectivity index (χ2n) is 31.0. The Kier molecular flexibility index (Phi) is 18.5. The van der Waals surface area contributed by atoms with Gasteiger partial charge in [0.25, 0.3) is 0 Å². The largest absolute Gasteiger partial charge is 0.488 e. The van der Waals surface area contributed by atoms with Gasteiger partial charge in [0.1, 0.15) is 89.3 Å². The van der Waals surface area contributed by atoms with E-state index in [4.69, 9.17) is 35.3 Å². The number of benzene rings is 18. The fourth-order valence-corrected chi connectivity index (χ4v) is 20.5. The minimum absolute atomic E-state index is 0. The summed E-state index contributed by atoms with van der Waals surface area (Å²) in [6, 6.07) is 121. The summed E-state index contributed by atoms with van der Waals surface area (Å²) >= 11 is 10.1. The van der Waals surface area contributed by atoms with Crippen molar-refractivity contribution >= 4 is 236 Å². The van der Waals surface area contributed by atoms with E-state index in [0.717, 1.165) is 261 Å². The molecular weight excluding hydrogens is 1730 g/mol. The summed E-state index contributed by atoms with van der Waals surface area (Å²) in [6.07, 6.45) is 0.